The fourth-order valence-electron chi connectivity index (χ4n) is 1.43. The van der Waals surface area contributed by atoms with Crippen LogP contribution in [0.3, 0.4) is 0 Å². The quantitative estimate of drug-likeness (QED) is 0.854. The summed E-state index contributed by atoms with van der Waals surface area (Å²) in [6, 6.07) is 4.85. The fraction of sp³-hybridized carbons (Fsp3) is 0.182. The number of nitrogens with zero attached hydrogens (tertiary/aromatic N) is 1. The molecule has 0 bridgehead atoms. The highest BCUT2D eigenvalue weighted by Crippen LogP contribution is 2.44. The molecule has 0 spiro atoms. The van der Waals surface area contributed by atoms with Gasteiger partial charge in [-0.05, 0) is 0 Å². The van der Waals surface area contributed by atoms with E-state index in [9.17, 15) is 22.0 Å². The molecule has 0 aliphatic rings. The minimum Gasteiger partial charge on any atom is -0.381 e. The second-order valence-corrected chi connectivity index (χ2v) is 3.77. The molecule has 0 amide bonds. The van der Waals surface area contributed by atoms with Crippen molar-refractivity contribution >= 4 is 5.82 Å². The summed E-state index contributed by atoms with van der Waals surface area (Å²) in [5.74, 6) is -4.63. The topological polar surface area (TPSA) is 52.0 Å². The Morgan fingerprint density at radius 1 is 1.00 bits per heavy atom. The van der Waals surface area contributed by atoms with Gasteiger partial charge in [0.15, 0.2) is 11.6 Å². The summed E-state index contributed by atoms with van der Waals surface area (Å²) >= 11 is 0. The zero-order valence-electron chi connectivity index (χ0n) is 9.21. The molecule has 1 aromatic heterocycles. The van der Waals surface area contributed by atoms with Crippen molar-refractivity contribution in [3.63, 3.8) is 0 Å². The number of nitrogen functional groups attached to an aromatic ring is 1. The molecule has 0 unspecified atom stereocenters. The van der Waals surface area contributed by atoms with Crippen LogP contribution in [0.4, 0.5) is 27.8 Å². The van der Waals surface area contributed by atoms with Gasteiger partial charge in [0.25, 0.3) is 0 Å². The third-order valence-electron chi connectivity index (χ3n) is 2.42. The van der Waals surface area contributed by atoms with E-state index in [1.165, 1.54) is 6.07 Å². The molecule has 102 valence electrons. The number of nitrogens with two attached hydrogens (primary N) is 1. The lowest BCUT2D eigenvalue weighted by Crippen LogP contribution is -2.33. The van der Waals surface area contributed by atoms with Gasteiger partial charge in [-0.2, -0.15) is 22.0 Å². The number of hydrogen-bond donors (Lipinski definition) is 1. The van der Waals surface area contributed by atoms with Crippen molar-refractivity contribution in [1.82, 2.24) is 5.16 Å². The third kappa shape index (κ3) is 2.38. The van der Waals surface area contributed by atoms with Crippen LogP contribution in [0.1, 0.15) is 5.56 Å². The second-order valence-electron chi connectivity index (χ2n) is 3.77. The lowest BCUT2D eigenvalue weighted by Gasteiger charge is -2.19. The summed E-state index contributed by atoms with van der Waals surface area (Å²) < 4.78 is 67.3. The third-order valence-corrected chi connectivity index (χ3v) is 2.42. The average molecular weight is 278 g/mol. The van der Waals surface area contributed by atoms with Crippen LogP contribution in [0.5, 0.6) is 0 Å². The highest BCUT2D eigenvalue weighted by molar-refractivity contribution is 5.60. The first-order valence-corrected chi connectivity index (χ1v) is 4.99. The van der Waals surface area contributed by atoms with Crippen LogP contribution in [-0.2, 0) is 5.92 Å². The van der Waals surface area contributed by atoms with Gasteiger partial charge < -0.3 is 10.3 Å². The first kappa shape index (κ1) is 13.3. The Morgan fingerprint density at radius 3 is 2.00 bits per heavy atom. The van der Waals surface area contributed by atoms with Crippen molar-refractivity contribution in [1.29, 1.82) is 0 Å². The van der Waals surface area contributed by atoms with Gasteiger partial charge in [0.2, 0.25) is 0 Å². The van der Waals surface area contributed by atoms with Crippen LogP contribution in [0.2, 0.25) is 0 Å². The van der Waals surface area contributed by atoms with Crippen LogP contribution in [-0.4, -0.2) is 11.3 Å². The van der Waals surface area contributed by atoms with Crippen molar-refractivity contribution in [2.75, 3.05) is 5.73 Å². The SMILES string of the molecule is Nc1cc(-c2ccc(C(F)(F)C(F)(F)F)cc2)on1. The minimum atomic E-state index is -5.63. The van der Waals surface area contributed by atoms with Crippen LogP contribution in [0.25, 0.3) is 11.3 Å². The molecule has 1 aromatic carbocycles. The van der Waals surface area contributed by atoms with Crippen molar-refractivity contribution in [3.05, 3.63) is 35.9 Å². The van der Waals surface area contributed by atoms with Gasteiger partial charge in [0.1, 0.15) is 0 Å². The first-order valence-electron chi connectivity index (χ1n) is 4.99. The van der Waals surface area contributed by atoms with E-state index in [2.05, 4.69) is 5.16 Å². The molecule has 0 saturated heterocycles. The maximum absolute atomic E-state index is 13.0. The summed E-state index contributed by atoms with van der Waals surface area (Å²) in [5, 5.41) is 3.38. The Labute approximate surface area is 103 Å². The van der Waals surface area contributed by atoms with Gasteiger partial charge in [-0.3, -0.25) is 0 Å². The molecule has 0 atom stereocenters. The van der Waals surface area contributed by atoms with Gasteiger partial charge in [-0.15, -0.1) is 0 Å². The molecule has 1 heterocycles. The summed E-state index contributed by atoms with van der Waals surface area (Å²) in [6.07, 6.45) is -5.63. The van der Waals surface area contributed by atoms with E-state index < -0.39 is 17.7 Å². The lowest BCUT2D eigenvalue weighted by molar-refractivity contribution is -0.289. The maximum Gasteiger partial charge on any atom is 0.458 e. The molecule has 2 aromatic rings. The van der Waals surface area contributed by atoms with E-state index in [0.717, 1.165) is 12.1 Å². The minimum absolute atomic E-state index is 0.0831. The van der Waals surface area contributed by atoms with E-state index in [-0.39, 0.29) is 11.6 Å². The molecule has 2 rings (SSSR count). The van der Waals surface area contributed by atoms with E-state index in [4.69, 9.17) is 10.3 Å². The van der Waals surface area contributed by atoms with Crippen molar-refractivity contribution in [2.45, 2.75) is 12.1 Å². The van der Waals surface area contributed by atoms with Gasteiger partial charge in [0.05, 0.1) is 0 Å². The average Bonchev–Trinajstić information content (AvgIpc) is 2.74. The second kappa shape index (κ2) is 4.22. The number of rotatable bonds is 2. The number of aromatic nitrogens is 1. The zero-order valence-corrected chi connectivity index (χ0v) is 9.21. The predicted octanol–water partition coefficient (Wildman–Crippen LogP) is 3.58. The molecular weight excluding hydrogens is 271 g/mol. The summed E-state index contributed by atoms with van der Waals surface area (Å²) in [4.78, 5) is 0. The number of alkyl halides is 5. The Balaban J connectivity index is 2.34. The highest BCUT2D eigenvalue weighted by atomic mass is 19.4. The van der Waals surface area contributed by atoms with Gasteiger partial charge >= 0.3 is 12.1 Å². The molecule has 0 aliphatic heterocycles. The molecule has 8 heteroatoms. The van der Waals surface area contributed by atoms with Gasteiger partial charge in [-0.25, -0.2) is 0 Å². The highest BCUT2D eigenvalue weighted by Gasteiger charge is 2.58. The number of hydrogen-bond acceptors (Lipinski definition) is 3. The number of benzene rings is 1. The molecule has 3 nitrogen and oxygen atoms in total. The normalized spacial score (nSPS) is 12.7. The van der Waals surface area contributed by atoms with Crippen molar-refractivity contribution < 1.29 is 26.5 Å². The van der Waals surface area contributed by atoms with E-state index in [1.807, 2.05) is 0 Å². The first-order chi connectivity index (χ1) is 8.72. The molecular formula is C11H7F5N2O. The number of halogens is 5. The molecule has 0 aliphatic carbocycles. The Kier molecular flexibility index (Phi) is 2.95. The smallest absolute Gasteiger partial charge is 0.381 e. The van der Waals surface area contributed by atoms with E-state index >= 15 is 0 Å². The van der Waals surface area contributed by atoms with Crippen LogP contribution < -0.4 is 5.73 Å². The lowest BCUT2D eigenvalue weighted by atomic mass is 10.0. The molecule has 19 heavy (non-hydrogen) atoms. The van der Waals surface area contributed by atoms with Crippen molar-refractivity contribution in [2.24, 2.45) is 0 Å². The van der Waals surface area contributed by atoms with Crippen LogP contribution >= 0.6 is 0 Å². The summed E-state index contributed by atoms with van der Waals surface area (Å²) in [7, 11) is 0. The Morgan fingerprint density at radius 2 is 1.58 bits per heavy atom. The van der Waals surface area contributed by atoms with E-state index in [1.54, 1.807) is 0 Å². The van der Waals surface area contributed by atoms with E-state index in [0.29, 0.717) is 17.7 Å². The monoisotopic (exact) mass is 278 g/mol. The van der Waals surface area contributed by atoms with Crippen molar-refractivity contribution in [3.8, 4) is 11.3 Å². The molecule has 2 N–H and O–H groups in total. The van der Waals surface area contributed by atoms with Gasteiger partial charge in [0, 0.05) is 17.2 Å². The summed E-state index contributed by atoms with van der Waals surface area (Å²) in [5.41, 5.74) is 4.45. The number of anilines is 1. The molecule has 0 saturated carbocycles. The Hall–Kier alpha value is -2.12. The van der Waals surface area contributed by atoms with Crippen LogP contribution in [0, 0.1) is 0 Å². The standard InChI is InChI=1S/C11H7F5N2O/c12-10(13,11(14,15)16)7-3-1-6(2-4-7)8-5-9(17)18-19-8/h1-5H,(H2,17,18). The molecule has 0 radical (unpaired) electrons. The molecule has 0 fully saturated rings. The summed E-state index contributed by atoms with van der Waals surface area (Å²) in [6.45, 7) is 0. The predicted molar refractivity (Wildman–Crippen MR) is 56.3 cm³/mol. The van der Waals surface area contributed by atoms with Gasteiger partial charge in [-0.1, -0.05) is 29.4 Å². The fourth-order valence-corrected chi connectivity index (χ4v) is 1.43. The Bertz CT molecular complexity index is 574. The van der Waals surface area contributed by atoms with Crippen LogP contribution in [0.15, 0.2) is 34.9 Å². The largest absolute Gasteiger partial charge is 0.458 e. The zero-order chi connectivity index (χ0) is 14.3. The maximum atomic E-state index is 13.0.